The molecule has 0 radical (unpaired) electrons. The summed E-state index contributed by atoms with van der Waals surface area (Å²) < 4.78 is 0. The van der Waals surface area contributed by atoms with Crippen molar-refractivity contribution < 1.29 is 5.11 Å². The van der Waals surface area contributed by atoms with E-state index in [4.69, 9.17) is 5.26 Å². The van der Waals surface area contributed by atoms with E-state index in [1.54, 1.807) is 6.08 Å². The van der Waals surface area contributed by atoms with Crippen molar-refractivity contribution in [3.63, 3.8) is 0 Å². The van der Waals surface area contributed by atoms with Crippen LogP contribution in [0.15, 0.2) is 42.5 Å². The molecule has 0 aliphatic rings. The smallest absolute Gasteiger partial charge is 0.0908 e. The molecule has 1 atom stereocenters. The fourth-order valence-electron chi connectivity index (χ4n) is 1.06. The van der Waals surface area contributed by atoms with Gasteiger partial charge in [-0.25, -0.2) is 0 Å². The van der Waals surface area contributed by atoms with Crippen LogP contribution in [0.25, 0.3) is 0 Å². The highest BCUT2D eigenvalue weighted by Gasteiger charge is 2.02. The lowest BCUT2D eigenvalue weighted by Gasteiger charge is -2.06. The van der Waals surface area contributed by atoms with Crippen molar-refractivity contribution in [2.24, 2.45) is 0 Å². The summed E-state index contributed by atoms with van der Waals surface area (Å²) in [5.74, 6) is 0. The summed E-state index contributed by atoms with van der Waals surface area (Å²) in [6.45, 7) is 0. The molecule has 66 valence electrons. The van der Waals surface area contributed by atoms with Gasteiger partial charge in [0.05, 0.1) is 12.2 Å². The maximum Gasteiger partial charge on any atom is 0.0908 e. The van der Waals surface area contributed by atoms with Crippen LogP contribution in [-0.2, 0) is 0 Å². The lowest BCUT2D eigenvalue weighted by Crippen LogP contribution is -1.94. The summed E-state index contributed by atoms with van der Waals surface area (Å²) in [7, 11) is 0. The van der Waals surface area contributed by atoms with Crippen molar-refractivity contribution in [2.45, 2.75) is 12.5 Å². The number of aliphatic hydroxyl groups excluding tert-OH is 1. The van der Waals surface area contributed by atoms with E-state index in [-0.39, 0.29) is 0 Å². The van der Waals surface area contributed by atoms with Gasteiger partial charge in [0.1, 0.15) is 0 Å². The van der Waals surface area contributed by atoms with E-state index < -0.39 is 6.10 Å². The fraction of sp³-hybridized carbons (Fsp3) is 0.182. The Morgan fingerprint density at radius 2 is 2.08 bits per heavy atom. The minimum absolute atomic E-state index is 0.484. The Kier molecular flexibility index (Phi) is 3.74. The van der Waals surface area contributed by atoms with E-state index in [1.807, 2.05) is 36.4 Å². The number of benzene rings is 1. The third kappa shape index (κ3) is 3.10. The normalized spacial score (nSPS) is 12.6. The molecule has 0 fully saturated rings. The molecule has 0 spiro atoms. The minimum atomic E-state index is -0.509. The van der Waals surface area contributed by atoms with Crippen LogP contribution in [-0.4, -0.2) is 5.11 Å². The van der Waals surface area contributed by atoms with Crippen molar-refractivity contribution in [1.82, 2.24) is 0 Å². The van der Waals surface area contributed by atoms with E-state index in [9.17, 15) is 5.11 Å². The van der Waals surface area contributed by atoms with E-state index in [0.29, 0.717) is 6.42 Å². The van der Waals surface area contributed by atoms with Crippen LogP contribution < -0.4 is 0 Å². The predicted octanol–water partition coefficient (Wildman–Crippen LogP) is 2.19. The molecule has 0 aromatic heterocycles. The van der Waals surface area contributed by atoms with Crippen molar-refractivity contribution in [3.8, 4) is 6.07 Å². The highest BCUT2D eigenvalue weighted by atomic mass is 16.3. The van der Waals surface area contributed by atoms with E-state index in [2.05, 4.69) is 0 Å². The Morgan fingerprint density at radius 3 is 2.69 bits per heavy atom. The maximum absolute atomic E-state index is 9.59. The summed E-state index contributed by atoms with van der Waals surface area (Å²) in [5.41, 5.74) is 0.880. The van der Waals surface area contributed by atoms with E-state index >= 15 is 0 Å². The number of rotatable bonds is 3. The average molecular weight is 173 g/mol. The van der Waals surface area contributed by atoms with E-state index in [0.717, 1.165) is 5.56 Å². The van der Waals surface area contributed by atoms with E-state index in [1.165, 1.54) is 6.08 Å². The zero-order valence-corrected chi connectivity index (χ0v) is 7.22. The topological polar surface area (TPSA) is 44.0 Å². The van der Waals surface area contributed by atoms with Crippen LogP contribution in [0.5, 0.6) is 0 Å². The number of nitriles is 1. The molecule has 0 saturated heterocycles. The highest BCUT2D eigenvalue weighted by molar-refractivity contribution is 5.18. The lowest BCUT2D eigenvalue weighted by molar-refractivity contribution is 0.181. The third-order valence-electron chi connectivity index (χ3n) is 1.74. The Labute approximate surface area is 77.8 Å². The van der Waals surface area contributed by atoms with Crippen molar-refractivity contribution in [1.29, 1.82) is 5.26 Å². The van der Waals surface area contributed by atoms with Gasteiger partial charge in [-0.2, -0.15) is 5.26 Å². The van der Waals surface area contributed by atoms with Crippen molar-refractivity contribution in [3.05, 3.63) is 48.0 Å². The zero-order chi connectivity index (χ0) is 9.52. The van der Waals surface area contributed by atoms with Crippen LogP contribution in [0, 0.1) is 11.3 Å². The van der Waals surface area contributed by atoms with Crippen LogP contribution in [0.1, 0.15) is 18.1 Å². The molecule has 0 unspecified atom stereocenters. The first-order valence-electron chi connectivity index (χ1n) is 4.12. The van der Waals surface area contributed by atoms with Crippen molar-refractivity contribution >= 4 is 0 Å². The molecule has 0 aliphatic carbocycles. The molecule has 0 bridgehead atoms. The standard InChI is InChI=1S/C11H11NO/c12-9-5-4-8-11(13)10-6-2-1-3-7-10/h1-7,11,13H,8H2/b5-4+/t11-/m0/s1. The van der Waals surface area contributed by atoms with Gasteiger partial charge in [0.25, 0.3) is 0 Å². The molecule has 1 aromatic carbocycles. The van der Waals surface area contributed by atoms with Crippen LogP contribution in [0.4, 0.5) is 0 Å². The summed E-state index contributed by atoms with van der Waals surface area (Å²) >= 11 is 0. The van der Waals surface area contributed by atoms with Gasteiger partial charge in [-0.1, -0.05) is 36.4 Å². The molecule has 0 aliphatic heterocycles. The Hall–Kier alpha value is -1.59. The van der Waals surface area contributed by atoms with Gasteiger partial charge in [0.15, 0.2) is 0 Å². The molecular weight excluding hydrogens is 162 g/mol. The molecule has 1 N–H and O–H groups in total. The van der Waals surface area contributed by atoms with Gasteiger partial charge in [-0.3, -0.25) is 0 Å². The SMILES string of the molecule is N#C/C=C/C[C@H](O)c1ccccc1. The number of allylic oxidation sites excluding steroid dienone is 1. The Bertz CT molecular complexity index is 311. The lowest BCUT2D eigenvalue weighted by atomic mass is 10.1. The van der Waals surface area contributed by atoms with Gasteiger partial charge in [-0.05, 0) is 12.0 Å². The van der Waals surface area contributed by atoms with Gasteiger partial charge in [0, 0.05) is 6.08 Å². The second kappa shape index (κ2) is 5.13. The van der Waals surface area contributed by atoms with Gasteiger partial charge < -0.3 is 5.11 Å². The van der Waals surface area contributed by atoms with Crippen molar-refractivity contribution in [2.75, 3.05) is 0 Å². The first kappa shape index (κ1) is 9.50. The van der Waals surface area contributed by atoms with Crippen LogP contribution in [0.2, 0.25) is 0 Å². The number of hydrogen-bond donors (Lipinski definition) is 1. The van der Waals surface area contributed by atoms with Gasteiger partial charge in [0.2, 0.25) is 0 Å². The maximum atomic E-state index is 9.59. The summed E-state index contributed by atoms with van der Waals surface area (Å²) in [6, 6.07) is 11.3. The highest BCUT2D eigenvalue weighted by Crippen LogP contribution is 2.15. The number of aliphatic hydroxyl groups is 1. The molecule has 13 heavy (non-hydrogen) atoms. The summed E-state index contributed by atoms with van der Waals surface area (Å²) in [6.07, 6.45) is 3.02. The largest absolute Gasteiger partial charge is 0.388 e. The Balaban J connectivity index is 2.55. The first-order chi connectivity index (χ1) is 6.34. The molecule has 1 rings (SSSR count). The van der Waals surface area contributed by atoms with Gasteiger partial charge >= 0.3 is 0 Å². The molecule has 0 heterocycles. The molecule has 1 aromatic rings. The molecule has 2 nitrogen and oxygen atoms in total. The Morgan fingerprint density at radius 1 is 1.38 bits per heavy atom. The third-order valence-corrected chi connectivity index (χ3v) is 1.74. The molecule has 0 amide bonds. The zero-order valence-electron chi connectivity index (χ0n) is 7.22. The number of nitrogens with zero attached hydrogens (tertiary/aromatic N) is 1. The molecule has 2 heteroatoms. The second-order valence-electron chi connectivity index (χ2n) is 2.69. The monoisotopic (exact) mass is 173 g/mol. The quantitative estimate of drug-likeness (QED) is 0.712. The fourth-order valence-corrected chi connectivity index (χ4v) is 1.06. The second-order valence-corrected chi connectivity index (χ2v) is 2.69. The first-order valence-corrected chi connectivity index (χ1v) is 4.12. The molecular formula is C11H11NO. The average Bonchev–Trinajstić information content (AvgIpc) is 2.19. The molecule has 0 saturated carbocycles. The predicted molar refractivity (Wildman–Crippen MR) is 50.8 cm³/mol. The summed E-state index contributed by atoms with van der Waals surface area (Å²) in [4.78, 5) is 0. The van der Waals surface area contributed by atoms with Crippen LogP contribution in [0.3, 0.4) is 0 Å². The van der Waals surface area contributed by atoms with Crippen LogP contribution >= 0.6 is 0 Å². The minimum Gasteiger partial charge on any atom is -0.388 e. The summed E-state index contributed by atoms with van der Waals surface area (Å²) in [5, 5.41) is 17.8. The van der Waals surface area contributed by atoms with Gasteiger partial charge in [-0.15, -0.1) is 0 Å². The number of hydrogen-bond acceptors (Lipinski definition) is 2.